The lowest BCUT2D eigenvalue weighted by molar-refractivity contribution is 0.126. The van der Waals surface area contributed by atoms with E-state index in [9.17, 15) is 13.5 Å². The molecular formula is C11H20N4O3S2. The van der Waals surface area contributed by atoms with Gasteiger partial charge < -0.3 is 16.2 Å². The van der Waals surface area contributed by atoms with Gasteiger partial charge in [-0.25, -0.2) is 12.7 Å². The van der Waals surface area contributed by atoms with Crippen molar-refractivity contribution >= 4 is 32.4 Å². The van der Waals surface area contributed by atoms with Crippen LogP contribution in [0.3, 0.4) is 0 Å². The molecule has 0 atom stereocenters. The molecule has 114 valence electrons. The Balaban J connectivity index is 2.22. The minimum Gasteiger partial charge on any atom is -0.393 e. The van der Waals surface area contributed by atoms with Crippen LogP contribution < -0.4 is 11.1 Å². The second-order valence-electron chi connectivity index (χ2n) is 5.16. The zero-order valence-corrected chi connectivity index (χ0v) is 13.2. The number of anilines is 2. The maximum Gasteiger partial charge on any atom is 0.249 e. The number of nitrogens with two attached hydrogens (primary N) is 1. The number of sulfonamides is 1. The van der Waals surface area contributed by atoms with E-state index in [1.54, 1.807) is 0 Å². The molecule has 1 aliphatic rings. The molecule has 2 rings (SSSR count). The first kappa shape index (κ1) is 15.5. The Morgan fingerprint density at radius 3 is 2.50 bits per heavy atom. The van der Waals surface area contributed by atoms with Crippen LogP contribution in [-0.4, -0.2) is 48.4 Å². The van der Waals surface area contributed by atoms with Crippen LogP contribution in [0.4, 0.5) is 10.8 Å². The van der Waals surface area contributed by atoms with E-state index in [0.29, 0.717) is 5.00 Å². The van der Waals surface area contributed by atoms with Gasteiger partial charge in [-0.1, -0.05) is 0 Å². The molecule has 9 heteroatoms. The summed E-state index contributed by atoms with van der Waals surface area (Å²) >= 11 is 1.06. The van der Waals surface area contributed by atoms with Crippen molar-refractivity contribution in [2.24, 2.45) is 0 Å². The lowest BCUT2D eigenvalue weighted by Crippen LogP contribution is -2.29. The Hall–Kier alpha value is -0.900. The predicted octanol–water partition coefficient (Wildman–Crippen LogP) is 0.691. The monoisotopic (exact) mass is 320 g/mol. The fraction of sp³-hybridized carbons (Fsp3) is 0.727. The maximum atomic E-state index is 12.3. The van der Waals surface area contributed by atoms with Crippen LogP contribution in [0.2, 0.25) is 0 Å². The summed E-state index contributed by atoms with van der Waals surface area (Å²) in [4.78, 5) is 0.0543. The van der Waals surface area contributed by atoms with E-state index in [0.717, 1.165) is 41.5 Å². The Morgan fingerprint density at radius 2 is 1.95 bits per heavy atom. The summed E-state index contributed by atoms with van der Waals surface area (Å²) in [7, 11) is -0.681. The van der Waals surface area contributed by atoms with Crippen LogP contribution in [0.5, 0.6) is 0 Å². The van der Waals surface area contributed by atoms with E-state index < -0.39 is 10.0 Å². The smallest absolute Gasteiger partial charge is 0.249 e. The Bertz CT molecular complexity index is 562. The largest absolute Gasteiger partial charge is 0.393 e. The van der Waals surface area contributed by atoms with Gasteiger partial charge in [0.15, 0.2) is 10.7 Å². The van der Waals surface area contributed by atoms with Crippen molar-refractivity contribution in [1.29, 1.82) is 0 Å². The van der Waals surface area contributed by atoms with Crippen molar-refractivity contribution in [1.82, 2.24) is 8.68 Å². The van der Waals surface area contributed by atoms with Gasteiger partial charge in [0, 0.05) is 20.1 Å². The normalized spacial score (nSPS) is 24.0. The van der Waals surface area contributed by atoms with Crippen molar-refractivity contribution < 1.29 is 13.5 Å². The Morgan fingerprint density at radius 1 is 1.35 bits per heavy atom. The van der Waals surface area contributed by atoms with Crippen molar-refractivity contribution in [3.8, 4) is 0 Å². The highest BCUT2D eigenvalue weighted by atomic mass is 32.2. The Kier molecular flexibility index (Phi) is 4.52. The summed E-state index contributed by atoms with van der Waals surface area (Å²) in [6.45, 7) is 0. The average Bonchev–Trinajstić information content (AvgIpc) is 2.73. The van der Waals surface area contributed by atoms with E-state index in [1.807, 2.05) is 0 Å². The first-order valence-electron chi connectivity index (χ1n) is 6.44. The molecule has 1 aromatic heterocycles. The minimum absolute atomic E-state index is 0.0297. The number of aliphatic hydroxyl groups is 1. The molecule has 1 saturated carbocycles. The van der Waals surface area contributed by atoms with Crippen molar-refractivity contribution in [2.75, 3.05) is 25.1 Å². The molecule has 0 saturated heterocycles. The van der Waals surface area contributed by atoms with Crippen LogP contribution >= 0.6 is 11.5 Å². The van der Waals surface area contributed by atoms with Gasteiger partial charge in [0.1, 0.15) is 5.00 Å². The molecule has 0 radical (unpaired) electrons. The van der Waals surface area contributed by atoms with Crippen molar-refractivity contribution in [3.63, 3.8) is 0 Å². The number of nitrogens with zero attached hydrogens (tertiary/aromatic N) is 2. The third-order valence-electron chi connectivity index (χ3n) is 3.44. The zero-order valence-electron chi connectivity index (χ0n) is 11.5. The molecule has 0 spiro atoms. The number of aromatic nitrogens is 1. The first-order chi connectivity index (χ1) is 9.32. The van der Waals surface area contributed by atoms with Gasteiger partial charge in [0.25, 0.3) is 0 Å². The zero-order chi connectivity index (χ0) is 14.9. The molecule has 20 heavy (non-hydrogen) atoms. The summed E-state index contributed by atoms with van der Waals surface area (Å²) in [6, 6.07) is 0.148. The SMILES string of the molecule is CN(C)S(=O)(=O)c1c(N)nsc1NC1CCC(O)CC1. The van der Waals surface area contributed by atoms with Gasteiger partial charge in [-0.2, -0.15) is 4.37 Å². The second-order valence-corrected chi connectivity index (χ2v) is 8.03. The second kappa shape index (κ2) is 5.84. The molecule has 0 aromatic carbocycles. The predicted molar refractivity (Wildman–Crippen MR) is 79.3 cm³/mol. The van der Waals surface area contributed by atoms with Crippen LogP contribution in [0.25, 0.3) is 0 Å². The van der Waals surface area contributed by atoms with Gasteiger partial charge >= 0.3 is 0 Å². The van der Waals surface area contributed by atoms with Gasteiger partial charge in [-0.15, -0.1) is 0 Å². The molecule has 1 aliphatic carbocycles. The molecule has 7 nitrogen and oxygen atoms in total. The number of hydrogen-bond donors (Lipinski definition) is 3. The van der Waals surface area contributed by atoms with Crippen LogP contribution in [-0.2, 0) is 10.0 Å². The molecule has 1 fully saturated rings. The Labute approximate surface area is 123 Å². The quantitative estimate of drug-likeness (QED) is 0.753. The molecule has 0 bridgehead atoms. The van der Waals surface area contributed by atoms with Gasteiger partial charge in [-0.3, -0.25) is 0 Å². The van der Waals surface area contributed by atoms with E-state index in [4.69, 9.17) is 5.73 Å². The molecular weight excluding hydrogens is 300 g/mol. The van der Waals surface area contributed by atoms with E-state index in [-0.39, 0.29) is 22.9 Å². The number of hydrogen-bond acceptors (Lipinski definition) is 7. The van der Waals surface area contributed by atoms with Crippen LogP contribution in [0, 0.1) is 0 Å². The fourth-order valence-corrected chi connectivity index (χ4v) is 4.36. The van der Waals surface area contributed by atoms with Gasteiger partial charge in [0.05, 0.1) is 6.10 Å². The highest BCUT2D eigenvalue weighted by Gasteiger charge is 2.29. The third kappa shape index (κ3) is 3.05. The van der Waals surface area contributed by atoms with Gasteiger partial charge in [0.2, 0.25) is 10.0 Å². The van der Waals surface area contributed by atoms with E-state index in [2.05, 4.69) is 9.69 Å². The minimum atomic E-state index is -3.61. The first-order valence-corrected chi connectivity index (χ1v) is 8.66. The number of nitrogens with one attached hydrogen (secondary N) is 1. The van der Waals surface area contributed by atoms with Crippen LogP contribution in [0.1, 0.15) is 25.7 Å². The summed E-state index contributed by atoms with van der Waals surface area (Å²) in [5, 5.41) is 13.2. The van der Waals surface area contributed by atoms with Crippen molar-refractivity contribution in [2.45, 2.75) is 42.7 Å². The molecule has 1 heterocycles. The van der Waals surface area contributed by atoms with Crippen molar-refractivity contribution in [3.05, 3.63) is 0 Å². The fourth-order valence-electron chi connectivity index (χ4n) is 2.22. The highest BCUT2D eigenvalue weighted by molar-refractivity contribution is 7.89. The van der Waals surface area contributed by atoms with E-state index in [1.165, 1.54) is 14.1 Å². The molecule has 0 unspecified atom stereocenters. The maximum absolute atomic E-state index is 12.3. The lowest BCUT2D eigenvalue weighted by atomic mass is 9.93. The average molecular weight is 320 g/mol. The number of aliphatic hydroxyl groups excluding tert-OH is 1. The van der Waals surface area contributed by atoms with Crippen LogP contribution in [0.15, 0.2) is 4.90 Å². The third-order valence-corrected chi connectivity index (χ3v) is 6.26. The summed E-state index contributed by atoms with van der Waals surface area (Å²) in [5.74, 6) is 0.0297. The molecule has 0 amide bonds. The molecule has 0 aliphatic heterocycles. The summed E-state index contributed by atoms with van der Waals surface area (Å²) < 4.78 is 29.6. The lowest BCUT2D eigenvalue weighted by Gasteiger charge is -2.26. The highest BCUT2D eigenvalue weighted by Crippen LogP contribution is 2.35. The summed E-state index contributed by atoms with van der Waals surface area (Å²) in [5.41, 5.74) is 5.71. The van der Waals surface area contributed by atoms with Gasteiger partial charge in [-0.05, 0) is 37.2 Å². The standard InChI is InChI=1S/C11H20N4O3S2/c1-15(2)20(17,18)9-10(12)14-19-11(9)13-7-3-5-8(16)6-4-7/h7-8,13,16H,3-6H2,1-2H3,(H2,12,14). The van der Waals surface area contributed by atoms with E-state index >= 15 is 0 Å². The number of rotatable bonds is 4. The molecule has 4 N–H and O–H groups in total. The number of nitrogen functional groups attached to an aromatic ring is 1. The summed E-state index contributed by atoms with van der Waals surface area (Å²) in [6.07, 6.45) is 2.81. The molecule has 1 aromatic rings. The topological polar surface area (TPSA) is 109 Å².